The van der Waals surface area contributed by atoms with Gasteiger partial charge < -0.3 is 15.2 Å². The van der Waals surface area contributed by atoms with Crippen molar-refractivity contribution in [3.63, 3.8) is 0 Å². The molecule has 2 amide bonds. The lowest BCUT2D eigenvalue weighted by atomic mass is 10.0. The molecule has 0 unspecified atom stereocenters. The topological polar surface area (TPSA) is 65.2 Å². The van der Waals surface area contributed by atoms with E-state index in [0.29, 0.717) is 6.54 Å². The van der Waals surface area contributed by atoms with Gasteiger partial charge in [-0.25, -0.2) is 0 Å². The minimum Gasteiger partial charge on any atom is -0.358 e. The molecule has 5 heteroatoms. The molecule has 2 rings (SSSR count). The van der Waals surface area contributed by atoms with Gasteiger partial charge >= 0.3 is 0 Å². The van der Waals surface area contributed by atoms with Gasteiger partial charge in [-0.2, -0.15) is 0 Å². The Morgan fingerprint density at radius 2 is 1.83 bits per heavy atom. The van der Waals surface area contributed by atoms with Gasteiger partial charge in [0.15, 0.2) is 0 Å². The van der Waals surface area contributed by atoms with Crippen molar-refractivity contribution in [2.24, 2.45) is 0 Å². The van der Waals surface area contributed by atoms with Crippen LogP contribution in [0.15, 0.2) is 12.1 Å². The Kier molecular flexibility index (Phi) is 5.08. The first-order valence-corrected chi connectivity index (χ1v) is 7.85. The zero-order valence-corrected chi connectivity index (χ0v) is 14.5. The minimum atomic E-state index is -0.102. The maximum Gasteiger partial charge on any atom is 0.222 e. The van der Waals surface area contributed by atoms with Crippen LogP contribution in [0.4, 0.5) is 0 Å². The number of H-pyrrole nitrogens is 1. The van der Waals surface area contributed by atoms with Crippen molar-refractivity contribution in [3.8, 4) is 0 Å². The van der Waals surface area contributed by atoms with E-state index < -0.39 is 0 Å². The molecule has 1 aromatic carbocycles. The molecule has 0 radical (unpaired) electrons. The number of nitrogens with zero attached hydrogens (tertiary/aromatic N) is 1. The normalized spacial score (nSPS) is 10.8. The van der Waals surface area contributed by atoms with Crippen molar-refractivity contribution in [1.29, 1.82) is 0 Å². The fraction of sp³-hybridized carbons (Fsp3) is 0.444. The van der Waals surface area contributed by atoms with Gasteiger partial charge in [-0.15, -0.1) is 0 Å². The van der Waals surface area contributed by atoms with Gasteiger partial charge in [-0.1, -0.05) is 11.6 Å². The van der Waals surface area contributed by atoms with Gasteiger partial charge in [0.25, 0.3) is 0 Å². The van der Waals surface area contributed by atoms with Crippen LogP contribution in [0.3, 0.4) is 0 Å². The van der Waals surface area contributed by atoms with E-state index in [1.165, 1.54) is 21.4 Å². The van der Waals surface area contributed by atoms with Crippen LogP contribution in [-0.4, -0.2) is 35.8 Å². The molecule has 1 heterocycles. The van der Waals surface area contributed by atoms with Crippen molar-refractivity contribution < 1.29 is 9.59 Å². The molecule has 0 atom stereocenters. The second kappa shape index (κ2) is 6.86. The summed E-state index contributed by atoms with van der Waals surface area (Å²) in [6.45, 7) is 6.68. The van der Waals surface area contributed by atoms with Gasteiger partial charge in [-0.3, -0.25) is 9.59 Å². The summed E-state index contributed by atoms with van der Waals surface area (Å²) in [6.07, 6.45) is 0.456. The Hall–Kier alpha value is -2.30. The molecular formula is C18H25N3O2. The zero-order valence-electron chi connectivity index (χ0n) is 14.5. The van der Waals surface area contributed by atoms with Crippen molar-refractivity contribution in [3.05, 3.63) is 34.5 Å². The molecule has 2 N–H and O–H groups in total. The van der Waals surface area contributed by atoms with E-state index in [0.717, 1.165) is 16.8 Å². The summed E-state index contributed by atoms with van der Waals surface area (Å²) in [7, 11) is 3.39. The molecule has 0 fully saturated rings. The SMILES string of the molecule is Cc1cc(CNC(=O)CCC(=O)N(C)C)c2[nH]c(C)c(C)c2c1. The molecule has 124 valence electrons. The van der Waals surface area contributed by atoms with Crippen LogP contribution < -0.4 is 5.32 Å². The number of carbonyl (C=O) groups excluding carboxylic acids is 2. The Morgan fingerprint density at radius 3 is 2.48 bits per heavy atom. The lowest BCUT2D eigenvalue weighted by Gasteiger charge is -2.11. The summed E-state index contributed by atoms with van der Waals surface area (Å²) in [4.78, 5) is 28.4. The largest absolute Gasteiger partial charge is 0.358 e. The fourth-order valence-electron chi connectivity index (χ4n) is 2.65. The third-order valence-electron chi connectivity index (χ3n) is 4.18. The average molecular weight is 315 g/mol. The lowest BCUT2D eigenvalue weighted by molar-refractivity contribution is -0.131. The number of amides is 2. The Labute approximate surface area is 137 Å². The number of nitrogens with one attached hydrogen (secondary N) is 2. The standard InChI is InChI=1S/C18H25N3O2/c1-11-8-14(18-15(9-11)12(2)13(3)20-18)10-19-16(22)6-7-17(23)21(4)5/h8-9,20H,6-7,10H2,1-5H3,(H,19,22). The number of benzene rings is 1. The number of aromatic nitrogens is 1. The highest BCUT2D eigenvalue weighted by atomic mass is 16.2. The number of carbonyl (C=O) groups is 2. The van der Waals surface area contributed by atoms with Crippen LogP contribution in [0.25, 0.3) is 10.9 Å². The van der Waals surface area contributed by atoms with Gasteiger partial charge in [0.05, 0.1) is 5.52 Å². The minimum absolute atomic E-state index is 0.0336. The summed E-state index contributed by atoms with van der Waals surface area (Å²) in [5, 5.41) is 4.11. The van der Waals surface area contributed by atoms with Gasteiger partial charge in [0.1, 0.15) is 0 Å². The molecule has 1 aromatic heterocycles. The second-order valence-electron chi connectivity index (χ2n) is 6.29. The number of aromatic amines is 1. The summed E-state index contributed by atoms with van der Waals surface area (Å²) in [5.74, 6) is -0.136. The Balaban J connectivity index is 2.06. The first kappa shape index (κ1) is 17.1. The highest BCUT2D eigenvalue weighted by molar-refractivity contribution is 5.88. The number of aryl methyl sites for hydroxylation is 3. The summed E-state index contributed by atoms with van der Waals surface area (Å²) in [5.41, 5.74) is 5.72. The van der Waals surface area contributed by atoms with E-state index in [9.17, 15) is 9.59 Å². The first-order valence-electron chi connectivity index (χ1n) is 7.85. The molecule has 2 aromatic rings. The Bertz CT molecular complexity index is 744. The lowest BCUT2D eigenvalue weighted by Crippen LogP contribution is -2.27. The van der Waals surface area contributed by atoms with Crippen LogP contribution in [-0.2, 0) is 16.1 Å². The zero-order chi connectivity index (χ0) is 17.1. The molecule has 0 saturated carbocycles. The third-order valence-corrected chi connectivity index (χ3v) is 4.18. The maximum atomic E-state index is 11.9. The number of hydrogen-bond donors (Lipinski definition) is 2. The number of rotatable bonds is 5. The molecule has 23 heavy (non-hydrogen) atoms. The smallest absolute Gasteiger partial charge is 0.222 e. The Morgan fingerprint density at radius 1 is 1.13 bits per heavy atom. The molecule has 5 nitrogen and oxygen atoms in total. The van der Waals surface area contributed by atoms with Crippen LogP contribution in [0.1, 0.15) is 35.2 Å². The van der Waals surface area contributed by atoms with Crippen LogP contribution in [0.5, 0.6) is 0 Å². The van der Waals surface area contributed by atoms with Crippen LogP contribution >= 0.6 is 0 Å². The summed E-state index contributed by atoms with van der Waals surface area (Å²) < 4.78 is 0. The molecule has 0 aliphatic heterocycles. The fourth-order valence-corrected chi connectivity index (χ4v) is 2.65. The summed E-state index contributed by atoms with van der Waals surface area (Å²) in [6, 6.07) is 4.25. The number of fused-ring (bicyclic) bond motifs is 1. The monoisotopic (exact) mass is 315 g/mol. The second-order valence-corrected chi connectivity index (χ2v) is 6.29. The number of hydrogen-bond acceptors (Lipinski definition) is 2. The average Bonchev–Trinajstić information content (AvgIpc) is 2.78. The summed E-state index contributed by atoms with van der Waals surface area (Å²) >= 11 is 0. The first-order chi connectivity index (χ1) is 10.8. The van der Waals surface area contributed by atoms with Gasteiger partial charge in [-0.05, 0) is 38.0 Å². The quantitative estimate of drug-likeness (QED) is 0.890. The van der Waals surface area contributed by atoms with E-state index in [4.69, 9.17) is 0 Å². The molecular weight excluding hydrogens is 290 g/mol. The van der Waals surface area contributed by atoms with Gasteiger partial charge in [0.2, 0.25) is 11.8 Å². The van der Waals surface area contributed by atoms with Gasteiger partial charge in [0, 0.05) is 44.6 Å². The van der Waals surface area contributed by atoms with E-state index in [-0.39, 0.29) is 24.7 Å². The molecule has 0 saturated heterocycles. The molecule has 0 bridgehead atoms. The maximum absolute atomic E-state index is 11.9. The van der Waals surface area contributed by atoms with Crippen LogP contribution in [0.2, 0.25) is 0 Å². The van der Waals surface area contributed by atoms with E-state index in [1.54, 1.807) is 14.1 Å². The van der Waals surface area contributed by atoms with Crippen LogP contribution in [0, 0.1) is 20.8 Å². The van der Waals surface area contributed by atoms with E-state index in [1.807, 2.05) is 0 Å². The molecule has 0 spiro atoms. The highest BCUT2D eigenvalue weighted by Gasteiger charge is 2.12. The van der Waals surface area contributed by atoms with Crippen molar-refractivity contribution in [2.45, 2.75) is 40.2 Å². The predicted molar refractivity (Wildman–Crippen MR) is 92.3 cm³/mol. The van der Waals surface area contributed by atoms with Crippen molar-refractivity contribution in [1.82, 2.24) is 15.2 Å². The van der Waals surface area contributed by atoms with Crippen molar-refractivity contribution in [2.75, 3.05) is 14.1 Å². The molecule has 0 aliphatic carbocycles. The highest BCUT2D eigenvalue weighted by Crippen LogP contribution is 2.25. The predicted octanol–water partition coefficient (Wildman–Crippen LogP) is 2.58. The van der Waals surface area contributed by atoms with Crippen molar-refractivity contribution >= 4 is 22.7 Å². The van der Waals surface area contributed by atoms with E-state index in [2.05, 4.69) is 43.2 Å². The van der Waals surface area contributed by atoms with E-state index >= 15 is 0 Å². The molecule has 0 aliphatic rings. The third kappa shape index (κ3) is 3.92.